The number of rotatable bonds is 8. The molecule has 196 valence electrons. The molecule has 0 aliphatic carbocycles. The van der Waals surface area contributed by atoms with E-state index in [9.17, 15) is 28.0 Å². The van der Waals surface area contributed by atoms with E-state index in [-0.39, 0.29) is 21.9 Å². The summed E-state index contributed by atoms with van der Waals surface area (Å²) < 4.78 is 35.3. The zero-order valence-electron chi connectivity index (χ0n) is 21.3. The number of carbonyl (C=O) groups is 3. The first-order valence-corrected chi connectivity index (χ1v) is 13.5. The zero-order valence-corrected chi connectivity index (χ0v) is 22.1. The van der Waals surface area contributed by atoms with Gasteiger partial charge in [-0.25, -0.2) is 8.42 Å². The van der Waals surface area contributed by atoms with Crippen molar-refractivity contribution in [2.45, 2.75) is 40.2 Å². The van der Waals surface area contributed by atoms with Gasteiger partial charge in [0.05, 0.1) is 42.3 Å². The Labute approximate surface area is 211 Å². The number of hydrogen-bond donors (Lipinski definition) is 1. The highest BCUT2D eigenvalue weighted by atomic mass is 32.2. The van der Waals surface area contributed by atoms with Crippen molar-refractivity contribution < 1.29 is 37.5 Å². The molecular formula is C25H32N2O8S. The summed E-state index contributed by atoms with van der Waals surface area (Å²) in [6, 6.07) is 7.57. The second-order valence-corrected chi connectivity index (χ2v) is 10.4. The van der Waals surface area contributed by atoms with Crippen molar-refractivity contribution in [2.24, 2.45) is 0 Å². The number of ether oxygens (including phenoxy) is 2. The Morgan fingerprint density at radius 3 is 2.25 bits per heavy atom. The summed E-state index contributed by atoms with van der Waals surface area (Å²) >= 11 is 0. The van der Waals surface area contributed by atoms with Crippen LogP contribution in [0.2, 0.25) is 0 Å². The van der Waals surface area contributed by atoms with Crippen molar-refractivity contribution in [1.82, 2.24) is 4.90 Å². The molecule has 2 aromatic rings. The Balaban J connectivity index is 0.00000145. The maximum Gasteiger partial charge on any atom is 0.264 e. The van der Waals surface area contributed by atoms with Crippen molar-refractivity contribution in [3.63, 3.8) is 0 Å². The molecule has 36 heavy (non-hydrogen) atoms. The molecule has 1 aliphatic heterocycles. The monoisotopic (exact) mass is 520 g/mol. The lowest BCUT2D eigenvalue weighted by atomic mass is 10.1. The number of sulfone groups is 1. The van der Waals surface area contributed by atoms with E-state index < -0.39 is 39.4 Å². The second kappa shape index (κ2) is 12.0. The van der Waals surface area contributed by atoms with Crippen LogP contribution < -0.4 is 14.5 Å². The quantitative estimate of drug-likeness (QED) is 0.317. The normalized spacial score (nSPS) is 13.5. The van der Waals surface area contributed by atoms with E-state index in [0.717, 1.165) is 18.1 Å². The molecule has 0 saturated heterocycles. The number of imide groups is 1. The molecule has 1 heterocycles. The van der Waals surface area contributed by atoms with Crippen molar-refractivity contribution in [1.29, 1.82) is 0 Å². The molecule has 0 saturated carbocycles. The van der Waals surface area contributed by atoms with Crippen molar-refractivity contribution in [2.75, 3.05) is 30.8 Å². The Bertz CT molecular complexity index is 1240. The van der Waals surface area contributed by atoms with Crippen LogP contribution in [0.3, 0.4) is 0 Å². The van der Waals surface area contributed by atoms with Gasteiger partial charge >= 0.3 is 0 Å². The third-order valence-electron chi connectivity index (χ3n) is 5.10. The fourth-order valence-corrected chi connectivity index (χ4v) is 4.61. The number of methoxy groups -OCH3 is 1. The molecule has 0 spiro atoms. The predicted molar refractivity (Wildman–Crippen MR) is 134 cm³/mol. The molecule has 10 nitrogen and oxygen atoms in total. The Hall–Kier alpha value is -3.44. The van der Waals surface area contributed by atoms with Crippen LogP contribution in [0.5, 0.6) is 11.5 Å². The van der Waals surface area contributed by atoms with E-state index in [1.807, 2.05) is 0 Å². The van der Waals surface area contributed by atoms with Gasteiger partial charge in [-0.05, 0) is 36.8 Å². The highest BCUT2D eigenvalue weighted by molar-refractivity contribution is 7.90. The largest absolute Gasteiger partial charge is 0.493 e. The molecule has 2 aromatic carbocycles. The van der Waals surface area contributed by atoms with E-state index in [2.05, 4.69) is 13.8 Å². The molecule has 1 aliphatic rings. The standard InChI is InChI=1S/C22H24N2O8S.C3H8/c1-5-32-19-11-14(9-10-18(19)31-3)17(12-33(4,29)30)23-21(26)15-7-6-8-16(20(15)22(23)27)24(28)13(2)25;1-3-2/h6-11,17,28H,5,12H2,1-4H3;3H2,1-2H3/t17-;/m1./s1. The van der Waals surface area contributed by atoms with Crippen LogP contribution in [-0.2, 0) is 14.6 Å². The van der Waals surface area contributed by atoms with Crippen molar-refractivity contribution in [3.8, 4) is 11.5 Å². The number of hydroxylamine groups is 1. The number of nitrogens with zero attached hydrogens (tertiary/aromatic N) is 2. The van der Waals surface area contributed by atoms with E-state index in [0.29, 0.717) is 23.7 Å². The number of benzene rings is 2. The molecule has 0 radical (unpaired) electrons. The van der Waals surface area contributed by atoms with Crippen molar-refractivity contribution >= 4 is 33.2 Å². The lowest BCUT2D eigenvalue weighted by Gasteiger charge is -2.27. The first kappa shape index (κ1) is 28.8. The minimum Gasteiger partial charge on any atom is -0.493 e. The number of hydrogen-bond acceptors (Lipinski definition) is 8. The summed E-state index contributed by atoms with van der Waals surface area (Å²) in [5.41, 5.74) is -0.0519. The van der Waals surface area contributed by atoms with E-state index in [4.69, 9.17) is 9.47 Å². The lowest BCUT2D eigenvalue weighted by Crippen LogP contribution is -2.38. The van der Waals surface area contributed by atoms with Crippen molar-refractivity contribution in [3.05, 3.63) is 53.1 Å². The third kappa shape index (κ3) is 6.21. The van der Waals surface area contributed by atoms with E-state index in [1.54, 1.807) is 19.1 Å². The number of fused-ring (bicyclic) bond motifs is 1. The number of anilines is 1. The average Bonchev–Trinajstić information content (AvgIpc) is 3.07. The van der Waals surface area contributed by atoms with Gasteiger partial charge in [0.2, 0.25) is 5.91 Å². The van der Waals surface area contributed by atoms with Gasteiger partial charge in [0.15, 0.2) is 11.5 Å². The Morgan fingerprint density at radius 1 is 1.08 bits per heavy atom. The van der Waals surface area contributed by atoms with Gasteiger partial charge in [-0.3, -0.25) is 24.5 Å². The molecular weight excluding hydrogens is 488 g/mol. The molecule has 0 fully saturated rings. The molecule has 1 atom stereocenters. The van der Waals surface area contributed by atoms with Crippen LogP contribution in [0, 0.1) is 0 Å². The highest BCUT2D eigenvalue weighted by Crippen LogP contribution is 2.39. The highest BCUT2D eigenvalue weighted by Gasteiger charge is 2.44. The van der Waals surface area contributed by atoms with Crippen LogP contribution in [0.1, 0.15) is 66.4 Å². The smallest absolute Gasteiger partial charge is 0.264 e. The molecule has 0 unspecified atom stereocenters. The minimum atomic E-state index is -3.66. The zero-order chi connectivity index (χ0) is 27.2. The van der Waals surface area contributed by atoms with Crippen LogP contribution in [-0.4, -0.2) is 62.0 Å². The first-order chi connectivity index (χ1) is 16.9. The summed E-state index contributed by atoms with van der Waals surface area (Å²) in [6.07, 6.45) is 2.25. The van der Waals surface area contributed by atoms with Crippen LogP contribution in [0.15, 0.2) is 36.4 Å². The number of amides is 3. The summed E-state index contributed by atoms with van der Waals surface area (Å²) in [5, 5.41) is 10.4. The minimum absolute atomic E-state index is 0.0464. The summed E-state index contributed by atoms with van der Waals surface area (Å²) in [6.45, 7) is 7.42. The van der Waals surface area contributed by atoms with Gasteiger partial charge in [0.25, 0.3) is 11.8 Å². The topological polar surface area (TPSA) is 131 Å². The molecule has 0 bridgehead atoms. The molecule has 11 heteroatoms. The van der Waals surface area contributed by atoms with Gasteiger partial charge in [0.1, 0.15) is 9.84 Å². The molecule has 0 aromatic heterocycles. The summed E-state index contributed by atoms with van der Waals surface area (Å²) in [7, 11) is -2.20. The lowest BCUT2D eigenvalue weighted by molar-refractivity contribution is -0.121. The first-order valence-electron chi connectivity index (χ1n) is 11.4. The van der Waals surface area contributed by atoms with E-state index >= 15 is 0 Å². The second-order valence-electron chi connectivity index (χ2n) is 8.17. The summed E-state index contributed by atoms with van der Waals surface area (Å²) in [4.78, 5) is 39.2. The summed E-state index contributed by atoms with van der Waals surface area (Å²) in [5.74, 6) is -2.13. The SMILES string of the molecule is CCC.CCOc1cc([C@@H](CS(C)(=O)=O)N2C(=O)c3cccc(N(O)C(C)=O)c3C2=O)ccc1OC. The average molecular weight is 521 g/mol. The van der Waals surface area contributed by atoms with Gasteiger partial charge in [-0.15, -0.1) is 0 Å². The van der Waals surface area contributed by atoms with Crippen LogP contribution >= 0.6 is 0 Å². The molecule has 3 rings (SSSR count). The van der Waals surface area contributed by atoms with Gasteiger partial charge in [-0.2, -0.15) is 5.06 Å². The van der Waals surface area contributed by atoms with E-state index in [1.165, 1.54) is 37.8 Å². The maximum absolute atomic E-state index is 13.4. The van der Waals surface area contributed by atoms with Gasteiger partial charge in [0, 0.05) is 13.2 Å². The van der Waals surface area contributed by atoms with Gasteiger partial charge in [-0.1, -0.05) is 32.4 Å². The Morgan fingerprint density at radius 2 is 1.72 bits per heavy atom. The van der Waals surface area contributed by atoms with Crippen LogP contribution in [0.25, 0.3) is 0 Å². The third-order valence-corrected chi connectivity index (χ3v) is 6.02. The fourth-order valence-electron chi connectivity index (χ4n) is 3.69. The fraction of sp³-hybridized carbons (Fsp3) is 0.400. The molecule has 3 amide bonds. The predicted octanol–water partition coefficient (Wildman–Crippen LogP) is 3.63. The number of carbonyl (C=O) groups excluding carboxylic acids is 3. The van der Waals surface area contributed by atoms with Crippen LogP contribution in [0.4, 0.5) is 5.69 Å². The van der Waals surface area contributed by atoms with Gasteiger partial charge < -0.3 is 9.47 Å². The Kier molecular flexibility index (Phi) is 9.60. The maximum atomic E-state index is 13.4. The molecule has 1 N–H and O–H groups in total.